The van der Waals surface area contributed by atoms with Crippen molar-refractivity contribution in [2.24, 2.45) is 5.92 Å². The molecule has 0 amide bonds. The number of aliphatic hydroxyl groups excluding tert-OH is 1. The Morgan fingerprint density at radius 2 is 2.50 bits per heavy atom. The minimum absolute atomic E-state index is 0.272. The van der Waals surface area contributed by atoms with Gasteiger partial charge in [-0.2, -0.15) is 0 Å². The van der Waals surface area contributed by atoms with E-state index in [-0.39, 0.29) is 6.61 Å². The molecule has 1 heterocycles. The van der Waals surface area contributed by atoms with Crippen molar-refractivity contribution in [3.63, 3.8) is 0 Å². The van der Waals surface area contributed by atoms with Gasteiger partial charge in [-0.05, 0) is 7.05 Å². The van der Waals surface area contributed by atoms with E-state index in [9.17, 15) is 0 Å². The third kappa shape index (κ3) is 2.25. The highest BCUT2D eigenvalue weighted by Gasteiger charge is 2.13. The largest absolute Gasteiger partial charge is 0.396 e. The molecule has 0 aliphatic carbocycles. The predicted octanol–water partition coefficient (Wildman–Crippen LogP) is -0.855. The average molecular weight is 143 g/mol. The number of aliphatic hydroxyl groups is 1. The first-order valence-corrected chi connectivity index (χ1v) is 3.75. The summed E-state index contributed by atoms with van der Waals surface area (Å²) in [5, 5.41) is 13.1. The molecule has 1 atom stereocenters. The van der Waals surface area contributed by atoms with E-state index in [1.807, 2.05) is 0 Å². The first kappa shape index (κ1) is 7.98. The van der Waals surface area contributed by atoms with Crippen LogP contribution in [0.4, 0.5) is 0 Å². The van der Waals surface area contributed by atoms with Crippen LogP contribution in [0.3, 0.4) is 0 Å². The Balaban J connectivity index is 2.30. The third-order valence-corrected chi connectivity index (χ3v) is 1.86. The van der Waals surface area contributed by atoms with Crippen LogP contribution >= 0.6 is 0 Å². The van der Waals surface area contributed by atoms with Gasteiger partial charge in [-0.15, -0.1) is 0 Å². The minimum atomic E-state index is 0.272. The Kier molecular flexibility index (Phi) is 3.12. The van der Waals surface area contributed by atoms with E-state index in [1.54, 1.807) is 0 Å². The van der Waals surface area contributed by atoms with Crippen molar-refractivity contribution in [1.29, 1.82) is 0 Å². The van der Waals surface area contributed by atoms with E-state index >= 15 is 0 Å². The molecule has 0 aromatic heterocycles. The van der Waals surface area contributed by atoms with E-state index in [4.69, 9.17) is 5.11 Å². The second kappa shape index (κ2) is 3.91. The smallest absolute Gasteiger partial charge is 0.0484 e. The van der Waals surface area contributed by atoms with Gasteiger partial charge in [0, 0.05) is 38.7 Å². The minimum Gasteiger partial charge on any atom is -0.396 e. The van der Waals surface area contributed by atoms with E-state index in [0.717, 1.165) is 26.2 Å². The highest BCUT2D eigenvalue weighted by Crippen LogP contribution is 2.00. The lowest BCUT2D eigenvalue weighted by Gasteiger charge is -2.16. The van der Waals surface area contributed by atoms with Crippen LogP contribution in [0.2, 0.25) is 0 Å². The lowest BCUT2D eigenvalue weighted by molar-refractivity contribution is 0.195. The Bertz CT molecular complexity index is 97.6. The fourth-order valence-electron chi connectivity index (χ4n) is 1.22. The van der Waals surface area contributed by atoms with Crippen molar-refractivity contribution in [2.45, 2.75) is 0 Å². The van der Waals surface area contributed by atoms with Crippen molar-refractivity contribution >= 4 is 0 Å². The first-order chi connectivity index (χ1) is 4.83. The van der Waals surface area contributed by atoms with Gasteiger partial charge in [-0.25, -0.2) is 5.32 Å². The van der Waals surface area contributed by atoms with Gasteiger partial charge in [-0.1, -0.05) is 0 Å². The van der Waals surface area contributed by atoms with Gasteiger partial charge in [0.15, 0.2) is 0 Å². The molecule has 3 nitrogen and oxygen atoms in total. The summed E-state index contributed by atoms with van der Waals surface area (Å²) in [6.45, 7) is 4.05. The fourth-order valence-corrected chi connectivity index (χ4v) is 1.22. The number of rotatable bonds is 1. The maximum absolute atomic E-state index is 8.85. The van der Waals surface area contributed by atoms with E-state index in [1.165, 1.54) is 0 Å². The van der Waals surface area contributed by atoms with Gasteiger partial charge in [0.1, 0.15) is 0 Å². The molecule has 1 unspecified atom stereocenters. The normalized spacial score (nSPS) is 30.0. The molecule has 10 heavy (non-hydrogen) atoms. The van der Waals surface area contributed by atoms with Crippen molar-refractivity contribution in [3.8, 4) is 0 Å². The molecule has 3 heteroatoms. The summed E-state index contributed by atoms with van der Waals surface area (Å²) >= 11 is 0. The summed E-state index contributed by atoms with van der Waals surface area (Å²) in [4.78, 5) is 2.22. The van der Waals surface area contributed by atoms with Crippen LogP contribution in [-0.4, -0.2) is 49.8 Å². The lowest BCUT2D eigenvalue weighted by atomic mass is 10.1. The predicted molar refractivity (Wildman–Crippen MR) is 39.9 cm³/mol. The maximum atomic E-state index is 8.85. The van der Waals surface area contributed by atoms with Crippen LogP contribution in [0.25, 0.3) is 0 Å². The molecule has 1 aliphatic heterocycles. The Morgan fingerprint density at radius 3 is 3.20 bits per heavy atom. The van der Waals surface area contributed by atoms with Crippen LogP contribution in [-0.2, 0) is 0 Å². The molecule has 0 spiro atoms. The Morgan fingerprint density at radius 1 is 1.70 bits per heavy atom. The molecular weight excluding hydrogens is 128 g/mol. The molecule has 1 radical (unpaired) electrons. The second-order valence-electron chi connectivity index (χ2n) is 2.94. The molecule has 59 valence electrons. The van der Waals surface area contributed by atoms with Crippen LogP contribution < -0.4 is 5.32 Å². The number of likely N-dealkylation sites (N-methyl/N-ethyl adjacent to an activating group) is 1. The SMILES string of the molecule is CN1CC[N]CC(CO)C1. The van der Waals surface area contributed by atoms with E-state index < -0.39 is 0 Å². The summed E-state index contributed by atoms with van der Waals surface area (Å²) in [5.74, 6) is 0.368. The van der Waals surface area contributed by atoms with E-state index in [2.05, 4.69) is 17.3 Å². The van der Waals surface area contributed by atoms with E-state index in [0.29, 0.717) is 5.92 Å². The van der Waals surface area contributed by atoms with Gasteiger partial charge in [0.2, 0.25) is 0 Å². The number of nitrogens with zero attached hydrogens (tertiary/aromatic N) is 2. The third-order valence-electron chi connectivity index (χ3n) is 1.86. The summed E-state index contributed by atoms with van der Waals surface area (Å²) in [5.41, 5.74) is 0. The average Bonchev–Trinajstić information content (AvgIpc) is 2.13. The summed E-state index contributed by atoms with van der Waals surface area (Å²) in [6.07, 6.45) is 0. The first-order valence-electron chi connectivity index (χ1n) is 3.75. The summed E-state index contributed by atoms with van der Waals surface area (Å²) < 4.78 is 0. The van der Waals surface area contributed by atoms with Gasteiger partial charge >= 0.3 is 0 Å². The molecule has 0 aromatic rings. The standard InChI is InChI=1S/C7H15N2O/c1-9-3-2-8-4-7(5-9)6-10/h7,10H,2-6H2,1H3. The Hall–Kier alpha value is -0.120. The molecule has 0 saturated carbocycles. The van der Waals surface area contributed by atoms with Crippen molar-refractivity contribution in [3.05, 3.63) is 0 Å². The zero-order chi connectivity index (χ0) is 7.40. The molecule has 1 fully saturated rings. The fraction of sp³-hybridized carbons (Fsp3) is 1.00. The maximum Gasteiger partial charge on any atom is 0.0484 e. The van der Waals surface area contributed by atoms with Crippen molar-refractivity contribution in [1.82, 2.24) is 10.2 Å². The highest BCUT2D eigenvalue weighted by molar-refractivity contribution is 4.69. The molecular formula is C7H15N2O. The van der Waals surface area contributed by atoms with Gasteiger partial charge < -0.3 is 10.0 Å². The van der Waals surface area contributed by atoms with Crippen LogP contribution in [0.5, 0.6) is 0 Å². The topological polar surface area (TPSA) is 37.6 Å². The Labute approximate surface area is 62.0 Å². The lowest BCUT2D eigenvalue weighted by Crippen LogP contribution is -2.27. The van der Waals surface area contributed by atoms with Crippen LogP contribution in [0, 0.1) is 5.92 Å². The number of hydrogen-bond acceptors (Lipinski definition) is 2. The molecule has 0 bridgehead atoms. The van der Waals surface area contributed by atoms with Crippen LogP contribution in [0.15, 0.2) is 0 Å². The molecule has 1 aliphatic rings. The molecule has 1 N–H and O–H groups in total. The van der Waals surface area contributed by atoms with Crippen molar-refractivity contribution < 1.29 is 5.11 Å². The quantitative estimate of drug-likeness (QED) is 0.519. The highest BCUT2D eigenvalue weighted by atomic mass is 16.3. The monoisotopic (exact) mass is 143 g/mol. The second-order valence-corrected chi connectivity index (χ2v) is 2.94. The zero-order valence-electron chi connectivity index (χ0n) is 6.45. The zero-order valence-corrected chi connectivity index (χ0v) is 6.45. The van der Waals surface area contributed by atoms with Crippen LogP contribution in [0.1, 0.15) is 0 Å². The summed E-state index contributed by atoms with van der Waals surface area (Å²) in [6, 6.07) is 0. The van der Waals surface area contributed by atoms with Gasteiger partial charge in [-0.3, -0.25) is 0 Å². The molecule has 1 rings (SSSR count). The summed E-state index contributed by atoms with van der Waals surface area (Å²) in [7, 11) is 2.07. The molecule has 0 aromatic carbocycles. The van der Waals surface area contributed by atoms with Gasteiger partial charge in [0.25, 0.3) is 0 Å². The number of hydrogen-bond donors (Lipinski definition) is 1. The van der Waals surface area contributed by atoms with Crippen molar-refractivity contribution in [2.75, 3.05) is 39.8 Å². The molecule has 1 saturated heterocycles. The van der Waals surface area contributed by atoms with Gasteiger partial charge in [0.05, 0.1) is 0 Å².